The second kappa shape index (κ2) is 11.4. The third-order valence-corrected chi connectivity index (χ3v) is 4.98. The summed E-state index contributed by atoms with van der Waals surface area (Å²) in [5.41, 5.74) is 1.02. The lowest BCUT2D eigenvalue weighted by Gasteiger charge is -2.23. The van der Waals surface area contributed by atoms with Gasteiger partial charge in [0.1, 0.15) is 17.4 Å². The number of benzene rings is 2. The standard InChI is InChI=1S/C25H27F2N3O4/c1-16(2)14-30(25(32)18-10-19(26)12-20(27)11-18)15-22-13-23(29-34-22)24(31)28-9-8-17-4-6-21(33-3)7-5-17/h4-7,10-13,16H,8-9,14-15H2,1-3H3,(H,28,31). The Morgan fingerprint density at radius 1 is 1.09 bits per heavy atom. The number of nitrogens with zero attached hydrogens (tertiary/aromatic N) is 2. The SMILES string of the molecule is COc1ccc(CCNC(=O)c2cc(CN(CC(C)C)C(=O)c3cc(F)cc(F)c3)on2)cc1. The number of hydrogen-bond acceptors (Lipinski definition) is 5. The van der Waals surface area contributed by atoms with Gasteiger partial charge in [-0.15, -0.1) is 0 Å². The molecule has 34 heavy (non-hydrogen) atoms. The first-order chi connectivity index (χ1) is 16.2. The first kappa shape index (κ1) is 24.9. The van der Waals surface area contributed by atoms with E-state index in [1.165, 1.54) is 11.0 Å². The number of ether oxygens (including phenoxy) is 1. The smallest absolute Gasteiger partial charge is 0.273 e. The fourth-order valence-corrected chi connectivity index (χ4v) is 3.41. The van der Waals surface area contributed by atoms with Gasteiger partial charge in [-0.3, -0.25) is 9.59 Å². The van der Waals surface area contributed by atoms with Crippen molar-refractivity contribution < 1.29 is 27.6 Å². The summed E-state index contributed by atoms with van der Waals surface area (Å²) in [6.45, 7) is 4.54. The minimum atomic E-state index is -0.832. The van der Waals surface area contributed by atoms with Gasteiger partial charge in [0.25, 0.3) is 11.8 Å². The van der Waals surface area contributed by atoms with Gasteiger partial charge in [-0.2, -0.15) is 0 Å². The van der Waals surface area contributed by atoms with Crippen LogP contribution in [0.25, 0.3) is 0 Å². The van der Waals surface area contributed by atoms with Crippen LogP contribution in [0.4, 0.5) is 8.78 Å². The van der Waals surface area contributed by atoms with Crippen LogP contribution in [0.5, 0.6) is 5.75 Å². The first-order valence-electron chi connectivity index (χ1n) is 10.9. The van der Waals surface area contributed by atoms with Gasteiger partial charge < -0.3 is 19.5 Å². The van der Waals surface area contributed by atoms with E-state index in [9.17, 15) is 18.4 Å². The number of amides is 2. The highest BCUT2D eigenvalue weighted by Crippen LogP contribution is 2.16. The molecule has 3 aromatic rings. The molecule has 0 aliphatic rings. The molecule has 7 nitrogen and oxygen atoms in total. The van der Waals surface area contributed by atoms with Gasteiger partial charge in [0.05, 0.1) is 13.7 Å². The summed E-state index contributed by atoms with van der Waals surface area (Å²) in [5, 5.41) is 6.57. The average molecular weight is 472 g/mol. The van der Waals surface area contributed by atoms with E-state index in [2.05, 4.69) is 10.5 Å². The molecular formula is C25H27F2N3O4. The molecular weight excluding hydrogens is 444 g/mol. The van der Waals surface area contributed by atoms with Crippen LogP contribution < -0.4 is 10.1 Å². The van der Waals surface area contributed by atoms with Crippen molar-refractivity contribution in [1.82, 2.24) is 15.4 Å². The molecule has 1 aromatic heterocycles. The summed E-state index contributed by atoms with van der Waals surface area (Å²) >= 11 is 0. The van der Waals surface area contributed by atoms with Gasteiger partial charge in [-0.25, -0.2) is 8.78 Å². The van der Waals surface area contributed by atoms with Crippen LogP contribution in [-0.4, -0.2) is 42.1 Å². The van der Waals surface area contributed by atoms with Crippen LogP contribution in [0.15, 0.2) is 53.1 Å². The molecule has 2 aromatic carbocycles. The maximum atomic E-state index is 13.6. The van der Waals surface area contributed by atoms with Crippen molar-refractivity contribution in [3.63, 3.8) is 0 Å². The number of carbonyl (C=O) groups is 2. The molecule has 0 aliphatic heterocycles. The summed E-state index contributed by atoms with van der Waals surface area (Å²) in [5.74, 6) is -1.48. The second-order valence-corrected chi connectivity index (χ2v) is 8.27. The third kappa shape index (κ3) is 6.87. The van der Waals surface area contributed by atoms with Crippen molar-refractivity contribution in [3.05, 3.63) is 82.7 Å². The van der Waals surface area contributed by atoms with Crippen molar-refractivity contribution >= 4 is 11.8 Å². The molecule has 3 rings (SSSR count). The highest BCUT2D eigenvalue weighted by atomic mass is 19.1. The number of hydrogen-bond donors (Lipinski definition) is 1. The Bertz CT molecular complexity index is 1110. The van der Waals surface area contributed by atoms with Crippen LogP contribution in [0.1, 0.15) is 46.0 Å². The lowest BCUT2D eigenvalue weighted by atomic mass is 10.1. The molecule has 0 saturated carbocycles. The zero-order valence-corrected chi connectivity index (χ0v) is 19.3. The molecule has 0 aliphatic carbocycles. The van der Waals surface area contributed by atoms with Crippen LogP contribution >= 0.6 is 0 Å². The van der Waals surface area contributed by atoms with Crippen LogP contribution in [-0.2, 0) is 13.0 Å². The van der Waals surface area contributed by atoms with Crippen LogP contribution in [0.2, 0.25) is 0 Å². The molecule has 0 radical (unpaired) electrons. The van der Waals surface area contributed by atoms with Crippen LogP contribution in [0, 0.1) is 17.6 Å². The maximum absolute atomic E-state index is 13.6. The Morgan fingerprint density at radius 3 is 2.38 bits per heavy atom. The Labute approximate surface area is 196 Å². The minimum absolute atomic E-state index is 0.00126. The molecule has 180 valence electrons. The highest BCUT2D eigenvalue weighted by molar-refractivity contribution is 5.94. The van der Waals surface area contributed by atoms with Crippen molar-refractivity contribution in [2.24, 2.45) is 5.92 Å². The van der Waals surface area contributed by atoms with Gasteiger partial charge in [0.15, 0.2) is 11.5 Å². The summed E-state index contributed by atoms with van der Waals surface area (Å²) in [6.07, 6.45) is 0.626. The second-order valence-electron chi connectivity index (χ2n) is 8.27. The van der Waals surface area contributed by atoms with E-state index in [-0.39, 0.29) is 29.5 Å². The Morgan fingerprint density at radius 2 is 1.76 bits per heavy atom. The summed E-state index contributed by atoms with van der Waals surface area (Å²) in [6, 6.07) is 11.7. The quantitative estimate of drug-likeness (QED) is 0.478. The Hall–Kier alpha value is -3.75. The van der Waals surface area contributed by atoms with E-state index >= 15 is 0 Å². The molecule has 0 fully saturated rings. The number of rotatable bonds is 10. The fourth-order valence-electron chi connectivity index (χ4n) is 3.41. The molecule has 0 saturated heterocycles. The third-order valence-electron chi connectivity index (χ3n) is 4.98. The topological polar surface area (TPSA) is 84.7 Å². The predicted molar refractivity (Wildman–Crippen MR) is 121 cm³/mol. The van der Waals surface area contributed by atoms with Crippen molar-refractivity contribution in [2.75, 3.05) is 20.2 Å². The summed E-state index contributed by atoms with van der Waals surface area (Å²) in [7, 11) is 1.60. The van der Waals surface area contributed by atoms with Gasteiger partial charge >= 0.3 is 0 Å². The Balaban J connectivity index is 1.61. The zero-order chi connectivity index (χ0) is 24.7. The molecule has 9 heteroatoms. The molecule has 1 heterocycles. The molecule has 0 spiro atoms. The lowest BCUT2D eigenvalue weighted by Crippen LogP contribution is -2.33. The van der Waals surface area contributed by atoms with Crippen molar-refractivity contribution in [3.8, 4) is 5.75 Å². The van der Waals surface area contributed by atoms with E-state index < -0.39 is 23.4 Å². The number of methoxy groups -OCH3 is 1. The monoisotopic (exact) mass is 471 g/mol. The fraction of sp³-hybridized carbons (Fsp3) is 0.320. The van der Waals surface area contributed by atoms with E-state index in [0.29, 0.717) is 25.6 Å². The first-order valence-corrected chi connectivity index (χ1v) is 10.9. The molecule has 2 amide bonds. The van der Waals surface area contributed by atoms with Crippen molar-refractivity contribution in [1.29, 1.82) is 0 Å². The minimum Gasteiger partial charge on any atom is -0.497 e. The van der Waals surface area contributed by atoms with Crippen LogP contribution in [0.3, 0.4) is 0 Å². The van der Waals surface area contributed by atoms with Gasteiger partial charge in [0, 0.05) is 30.8 Å². The number of halogens is 2. The van der Waals surface area contributed by atoms with E-state index in [1.807, 2.05) is 38.1 Å². The van der Waals surface area contributed by atoms with Crippen molar-refractivity contribution in [2.45, 2.75) is 26.8 Å². The number of carbonyl (C=O) groups excluding carboxylic acids is 2. The van der Waals surface area contributed by atoms with Gasteiger partial charge in [-0.05, 0) is 42.2 Å². The number of nitrogens with one attached hydrogen (secondary N) is 1. The summed E-state index contributed by atoms with van der Waals surface area (Å²) in [4.78, 5) is 26.7. The summed E-state index contributed by atoms with van der Waals surface area (Å²) < 4.78 is 37.6. The normalized spacial score (nSPS) is 10.9. The van der Waals surface area contributed by atoms with Gasteiger partial charge in [0.2, 0.25) is 0 Å². The van der Waals surface area contributed by atoms with E-state index in [0.717, 1.165) is 23.4 Å². The molecule has 0 unspecified atom stereocenters. The van der Waals surface area contributed by atoms with E-state index in [1.54, 1.807) is 7.11 Å². The average Bonchev–Trinajstić information content (AvgIpc) is 3.26. The Kier molecular flexibility index (Phi) is 8.34. The largest absolute Gasteiger partial charge is 0.497 e. The zero-order valence-electron chi connectivity index (χ0n) is 19.3. The van der Waals surface area contributed by atoms with Gasteiger partial charge in [-0.1, -0.05) is 31.1 Å². The number of aromatic nitrogens is 1. The molecule has 1 N–H and O–H groups in total. The highest BCUT2D eigenvalue weighted by Gasteiger charge is 2.22. The van der Waals surface area contributed by atoms with E-state index in [4.69, 9.17) is 9.26 Å². The predicted octanol–water partition coefficient (Wildman–Crippen LogP) is 4.23. The molecule has 0 bridgehead atoms. The maximum Gasteiger partial charge on any atom is 0.273 e. The molecule has 0 atom stereocenters. The lowest BCUT2D eigenvalue weighted by molar-refractivity contribution is 0.0704.